The van der Waals surface area contributed by atoms with Crippen LogP contribution in [-0.2, 0) is 60.7 Å². The molecule has 2 aliphatic heterocycles. The number of aromatic nitrogens is 1. The van der Waals surface area contributed by atoms with Crippen LogP contribution in [0, 0.1) is 10.8 Å². The van der Waals surface area contributed by atoms with Crippen LogP contribution in [0.2, 0.25) is 0 Å². The number of amides is 4. The second kappa shape index (κ2) is 48.4. The second-order valence-corrected chi connectivity index (χ2v) is 31.9. The highest BCUT2D eigenvalue weighted by Gasteiger charge is 2.43. The third kappa shape index (κ3) is 30.3. The van der Waals surface area contributed by atoms with Gasteiger partial charge in [-0.3, -0.25) is 28.8 Å². The summed E-state index contributed by atoms with van der Waals surface area (Å²) in [6.07, 6.45) is 7.77. The van der Waals surface area contributed by atoms with E-state index in [4.69, 9.17) is 34.2 Å². The monoisotopic (exact) mass is 1550 g/mol. The van der Waals surface area contributed by atoms with Crippen LogP contribution in [0.3, 0.4) is 0 Å². The Labute approximate surface area is 645 Å². The summed E-state index contributed by atoms with van der Waals surface area (Å²) in [6, 6.07) is 30.0. The maximum Gasteiger partial charge on any atom is 0.329 e. The number of aryl methyl sites for hydroxylation is 2. The number of thiol groups is 1. The molecule has 0 bridgehead atoms. The van der Waals surface area contributed by atoms with Crippen molar-refractivity contribution < 1.29 is 66.8 Å². The van der Waals surface area contributed by atoms with E-state index in [1.54, 1.807) is 101 Å². The van der Waals surface area contributed by atoms with E-state index in [-0.39, 0.29) is 26.7 Å². The van der Waals surface area contributed by atoms with Gasteiger partial charge >= 0.3 is 11.9 Å². The number of ether oxygens (including phenoxy) is 6. The minimum atomic E-state index is -0.860. The molecule has 7 rings (SSSR count). The van der Waals surface area contributed by atoms with Crippen molar-refractivity contribution in [1.82, 2.24) is 19.7 Å². The van der Waals surface area contributed by atoms with Gasteiger partial charge in [0, 0.05) is 90.4 Å². The van der Waals surface area contributed by atoms with Gasteiger partial charge in [-0.25, -0.2) is 14.6 Å². The van der Waals surface area contributed by atoms with Gasteiger partial charge in [0.1, 0.15) is 29.3 Å². The number of hydrogen-bond acceptors (Lipinski definition) is 22. The van der Waals surface area contributed by atoms with E-state index in [1.807, 2.05) is 125 Å². The number of pyridine rings is 1. The Morgan fingerprint density at radius 2 is 1.01 bits per heavy atom. The lowest BCUT2D eigenvalue weighted by molar-refractivity contribution is -0.165. The van der Waals surface area contributed by atoms with Crippen LogP contribution in [0.5, 0.6) is 23.0 Å². The minimum Gasteiger partial charge on any atom is -0.493 e. The predicted molar refractivity (Wildman–Crippen MR) is 432 cm³/mol. The third-order valence-corrected chi connectivity index (χ3v) is 22.7. The van der Waals surface area contributed by atoms with Crippen molar-refractivity contribution in [3.05, 3.63) is 132 Å². The summed E-state index contributed by atoms with van der Waals surface area (Å²) in [6.45, 7) is 13.1. The second-order valence-electron chi connectivity index (χ2n) is 26.3. The predicted octanol–water partition coefficient (Wildman–Crippen LogP) is 15.2. The number of esters is 2. The van der Waals surface area contributed by atoms with Gasteiger partial charge in [-0.2, -0.15) is 12.6 Å². The Hall–Kier alpha value is -6.94. The number of carbonyl (C=O) groups excluding carboxylic acids is 8. The SMILES string of the molecule is C.C.CCC(C)(C)C(=O)C(=O)N1CCCC[C@H]1C(=O)O[C@H](CCc1ccc(OC)c(OC)c1)c1cccc(NC(=O)CCSSCCN(C)C)c1.CCC(C)(C)C(=O)C(=O)N1CCCC[C@H]1C(=O)O[C@H](CCc1ccc(OC)c(OC)c1)c1cccc(NC(=O)CCSSc2ccccn2)c1.NCCS. The molecule has 2 saturated heterocycles. The zero-order valence-corrected chi connectivity index (χ0v) is 66.1. The molecular weight excluding hydrogens is 1430 g/mol. The molecule has 2 fully saturated rings. The largest absolute Gasteiger partial charge is 0.493 e. The molecule has 0 radical (unpaired) electrons. The van der Waals surface area contributed by atoms with Gasteiger partial charge in [-0.05, 0) is 185 Å². The van der Waals surface area contributed by atoms with Crippen LogP contribution in [0.4, 0.5) is 11.4 Å². The van der Waals surface area contributed by atoms with Crippen molar-refractivity contribution in [2.45, 2.75) is 176 Å². The molecule has 0 aliphatic carbocycles. The van der Waals surface area contributed by atoms with Crippen molar-refractivity contribution in [2.75, 3.05) is 102 Å². The van der Waals surface area contributed by atoms with Crippen molar-refractivity contribution in [2.24, 2.45) is 16.6 Å². The maximum atomic E-state index is 13.9. The lowest BCUT2D eigenvalue weighted by Gasteiger charge is -2.36. The van der Waals surface area contributed by atoms with Crippen LogP contribution in [0.15, 0.2) is 114 Å². The molecule has 0 saturated carbocycles. The lowest BCUT2D eigenvalue weighted by atomic mass is 9.84. The van der Waals surface area contributed by atoms with Crippen LogP contribution >= 0.6 is 55.8 Å². The number of rotatable bonds is 37. The summed E-state index contributed by atoms with van der Waals surface area (Å²) in [4.78, 5) is 116. The molecule has 3 heterocycles. The first-order chi connectivity index (χ1) is 49.4. The van der Waals surface area contributed by atoms with Gasteiger partial charge in [0.25, 0.3) is 11.8 Å². The Morgan fingerprint density at radius 3 is 1.40 bits per heavy atom. The van der Waals surface area contributed by atoms with E-state index in [9.17, 15) is 38.4 Å². The number of piperidine rings is 2. The van der Waals surface area contributed by atoms with E-state index in [0.29, 0.717) is 148 Å². The van der Waals surface area contributed by atoms with Crippen LogP contribution in [-0.4, -0.2) is 171 Å². The molecule has 21 nitrogen and oxygen atoms in total. The van der Waals surface area contributed by atoms with Crippen molar-refractivity contribution in [3.8, 4) is 23.0 Å². The fraction of sp³-hybridized carbons (Fsp3) is 0.532. The highest BCUT2D eigenvalue weighted by molar-refractivity contribution is 8.77. The van der Waals surface area contributed by atoms with E-state index in [2.05, 4.69) is 33.1 Å². The average molecular weight is 1550 g/mol. The van der Waals surface area contributed by atoms with E-state index in [1.165, 1.54) is 20.6 Å². The number of anilines is 2. The molecule has 4 N–H and O–H groups in total. The summed E-state index contributed by atoms with van der Waals surface area (Å²) in [5, 5.41) is 6.84. The van der Waals surface area contributed by atoms with E-state index >= 15 is 0 Å². The summed E-state index contributed by atoms with van der Waals surface area (Å²) < 4.78 is 34.2. The minimum absolute atomic E-state index is 0. The fourth-order valence-corrected chi connectivity index (χ4v) is 14.9. The molecular formula is C79H115N7O14S5. The number of carbonyl (C=O) groups is 8. The number of ketones is 2. The number of methoxy groups -OCH3 is 4. The van der Waals surface area contributed by atoms with Gasteiger partial charge in [0.2, 0.25) is 23.4 Å². The number of nitrogens with zero attached hydrogens (tertiary/aromatic N) is 4. The van der Waals surface area contributed by atoms with Gasteiger partial charge in [0.05, 0.1) is 28.4 Å². The molecule has 26 heteroatoms. The summed E-state index contributed by atoms with van der Waals surface area (Å²) in [5.74, 6) is 1.94. The Balaban J connectivity index is 0.000000509. The normalized spacial score (nSPS) is 14.7. The van der Waals surface area contributed by atoms with E-state index in [0.717, 1.165) is 52.6 Å². The fourth-order valence-electron chi connectivity index (χ4n) is 10.9. The molecule has 4 aromatic carbocycles. The Kier molecular flexibility index (Phi) is 42.5. The molecule has 1 aromatic heterocycles. The average Bonchev–Trinajstić information content (AvgIpc) is 0.810. The van der Waals surface area contributed by atoms with Crippen molar-refractivity contribution in [3.63, 3.8) is 0 Å². The number of benzene rings is 4. The molecule has 2 aliphatic rings. The van der Waals surface area contributed by atoms with Crippen LogP contribution in [0.1, 0.15) is 168 Å². The highest BCUT2D eigenvalue weighted by Crippen LogP contribution is 2.37. The molecule has 580 valence electrons. The van der Waals surface area contributed by atoms with Crippen molar-refractivity contribution in [1.29, 1.82) is 0 Å². The Morgan fingerprint density at radius 1 is 0.581 bits per heavy atom. The summed E-state index contributed by atoms with van der Waals surface area (Å²) in [5.41, 5.74) is 7.84. The topological polar surface area (TPSA) is 265 Å². The van der Waals surface area contributed by atoms with Gasteiger partial charge in [0.15, 0.2) is 23.0 Å². The van der Waals surface area contributed by atoms with Crippen LogP contribution < -0.4 is 35.3 Å². The number of nitrogens with one attached hydrogen (secondary N) is 2. The molecule has 105 heavy (non-hydrogen) atoms. The smallest absolute Gasteiger partial charge is 0.329 e. The molecule has 0 spiro atoms. The standard InChI is InChI=1S/C38H47N3O7S2.C37H53N3O7S2.C2H7NS.2CH4/c1-6-38(2,3)35(43)36(44)41-22-10-8-14-29(41)37(45)48-30(18-16-26-17-19-31(46-4)32(24-26)47-5)27-12-11-13-28(25-27)40-33(42)20-23-49-50-34-15-7-9-21-39-34;1-8-37(2,3)34(42)35(43)40-20-10-9-14-29(40)36(44)47-30(17-15-26-16-18-31(45-6)32(24-26)46-7)27-12-11-13-28(25-27)38-33(41)19-22-48-49-23-21-39(4)5;3-1-2-4;;/h7,9,11-13,15,17,19,21,24-25,29-30H,6,8,10,14,16,18,20,22-23H2,1-5H3,(H,40,42);11-13,16,18,24-25,29-30H,8-10,14-15,17,19-23H2,1-7H3,(H,38,41);4H,1-3H2;2*1H4/t2*29-,30+;;;/m00.../s1. The number of nitrogens with two attached hydrogens (primary N) is 1. The molecule has 5 aromatic rings. The Bertz CT molecular complexity index is 3530. The zero-order chi connectivity index (χ0) is 75.5. The first kappa shape index (κ1) is 92.3. The third-order valence-electron chi connectivity index (χ3n) is 17.8. The van der Waals surface area contributed by atoms with Gasteiger partial charge in [-0.1, -0.05) is 131 Å². The first-order valence-electron chi connectivity index (χ1n) is 35.1. The molecule has 0 unspecified atom stereocenters. The molecule has 4 amide bonds. The lowest BCUT2D eigenvalue weighted by Crippen LogP contribution is -2.53. The summed E-state index contributed by atoms with van der Waals surface area (Å²) >= 11 is 3.80. The highest BCUT2D eigenvalue weighted by atomic mass is 33.1. The van der Waals surface area contributed by atoms with E-state index < -0.39 is 70.4 Å². The maximum absolute atomic E-state index is 13.9. The number of hydrogen-bond donors (Lipinski definition) is 4. The van der Waals surface area contributed by atoms with Gasteiger partial charge < -0.3 is 59.5 Å². The number of Topliss-reactive ketones (excluding diaryl/α,β-unsaturated/α-hetero) is 2. The van der Waals surface area contributed by atoms with Gasteiger partial charge in [-0.15, -0.1) is 0 Å². The zero-order valence-electron chi connectivity index (χ0n) is 61.9. The van der Waals surface area contributed by atoms with Crippen molar-refractivity contribution >= 4 is 114 Å². The number of likely N-dealkylation sites (tertiary alicyclic amines) is 2. The molecule has 4 atom stereocenters. The van der Waals surface area contributed by atoms with Crippen LogP contribution in [0.25, 0.3) is 0 Å². The quantitative estimate of drug-likeness (QED) is 0.00946. The summed E-state index contributed by atoms with van der Waals surface area (Å²) in [7, 11) is 16.9. The first-order valence-corrected chi connectivity index (χ1v) is 40.5.